The van der Waals surface area contributed by atoms with Crippen LogP contribution in [0.1, 0.15) is 27.2 Å². The van der Waals surface area contributed by atoms with Gasteiger partial charge in [0.2, 0.25) is 5.54 Å². The van der Waals surface area contributed by atoms with Crippen molar-refractivity contribution in [2.75, 3.05) is 26.9 Å². The molecule has 7 nitrogen and oxygen atoms in total. The maximum absolute atomic E-state index is 12.0. The number of ether oxygens (including phenoxy) is 3. The Morgan fingerprint density at radius 3 is 1.63 bits per heavy atom. The van der Waals surface area contributed by atoms with Crippen molar-refractivity contribution in [2.24, 2.45) is 0 Å². The molecule has 0 rings (SSSR count). The first-order valence-corrected chi connectivity index (χ1v) is 6.17. The second-order valence-corrected chi connectivity index (χ2v) is 3.58. The van der Waals surface area contributed by atoms with Crippen LogP contribution in [0.5, 0.6) is 0 Å². The van der Waals surface area contributed by atoms with Crippen molar-refractivity contribution in [3.8, 4) is 0 Å². The Balaban J connectivity index is 5.22. The second kappa shape index (κ2) is 8.47. The highest BCUT2D eigenvalue weighted by atomic mass is 16.6. The normalized spacial score (nSPS) is 10.7. The summed E-state index contributed by atoms with van der Waals surface area (Å²) in [5.41, 5.74) is -1.86. The largest absolute Gasteiger partial charge is 0.466 e. The van der Waals surface area contributed by atoms with E-state index >= 15 is 0 Å². The maximum atomic E-state index is 12.0. The summed E-state index contributed by atoms with van der Waals surface area (Å²) in [6, 6.07) is 0. The Hall–Kier alpha value is -1.63. The topological polar surface area (TPSA) is 90.9 Å². The third-order valence-electron chi connectivity index (χ3n) is 2.39. The van der Waals surface area contributed by atoms with E-state index in [-0.39, 0.29) is 19.8 Å². The van der Waals surface area contributed by atoms with Crippen LogP contribution in [0.15, 0.2) is 0 Å². The van der Waals surface area contributed by atoms with Crippen molar-refractivity contribution in [1.29, 1.82) is 0 Å². The molecule has 0 aromatic rings. The van der Waals surface area contributed by atoms with E-state index in [1.54, 1.807) is 20.8 Å². The summed E-state index contributed by atoms with van der Waals surface area (Å²) in [5, 5.41) is 2.52. The predicted octanol–water partition coefficient (Wildman–Crippen LogP) is 0.0240. The molecule has 1 N–H and O–H groups in total. The summed E-state index contributed by atoms with van der Waals surface area (Å²) in [6.45, 7) is 5.18. The minimum absolute atomic E-state index is 0.0878. The summed E-state index contributed by atoms with van der Waals surface area (Å²) in [6.07, 6.45) is -0.477. The standard InChI is InChI=1S/C12H21NO6/c1-5-17-9(14)8-12(13-4,10(15)18-6-2)11(16)19-7-3/h13H,5-8H2,1-4H3. The van der Waals surface area contributed by atoms with Crippen molar-refractivity contribution >= 4 is 17.9 Å². The lowest BCUT2D eigenvalue weighted by Gasteiger charge is -2.27. The lowest BCUT2D eigenvalue weighted by molar-refractivity contribution is -0.170. The third-order valence-corrected chi connectivity index (χ3v) is 2.39. The molecule has 0 aliphatic heterocycles. The van der Waals surface area contributed by atoms with Gasteiger partial charge in [0.1, 0.15) is 0 Å². The average molecular weight is 275 g/mol. The molecule has 0 spiro atoms. The van der Waals surface area contributed by atoms with Gasteiger partial charge < -0.3 is 14.2 Å². The van der Waals surface area contributed by atoms with E-state index < -0.39 is 29.9 Å². The predicted molar refractivity (Wildman–Crippen MR) is 66.3 cm³/mol. The van der Waals surface area contributed by atoms with Gasteiger partial charge in [-0.25, -0.2) is 9.59 Å². The molecule has 7 heteroatoms. The van der Waals surface area contributed by atoms with Crippen LogP contribution in [-0.2, 0) is 28.6 Å². The number of esters is 3. The fourth-order valence-corrected chi connectivity index (χ4v) is 1.46. The number of likely N-dealkylation sites (N-methyl/N-ethyl adjacent to an activating group) is 1. The van der Waals surface area contributed by atoms with Crippen LogP contribution in [0.3, 0.4) is 0 Å². The smallest absolute Gasteiger partial charge is 0.338 e. The number of carbonyl (C=O) groups is 3. The van der Waals surface area contributed by atoms with Gasteiger partial charge in [-0.3, -0.25) is 10.1 Å². The molecule has 0 radical (unpaired) electrons. The van der Waals surface area contributed by atoms with Gasteiger partial charge in [-0.05, 0) is 27.8 Å². The lowest BCUT2D eigenvalue weighted by Crippen LogP contribution is -2.59. The fourth-order valence-electron chi connectivity index (χ4n) is 1.46. The molecule has 0 heterocycles. The summed E-state index contributed by atoms with van der Waals surface area (Å²) < 4.78 is 14.4. The zero-order valence-corrected chi connectivity index (χ0v) is 11.8. The van der Waals surface area contributed by atoms with E-state index in [0.29, 0.717) is 0 Å². The van der Waals surface area contributed by atoms with Gasteiger partial charge in [-0.15, -0.1) is 0 Å². The van der Waals surface area contributed by atoms with Crippen molar-refractivity contribution in [3.63, 3.8) is 0 Å². The van der Waals surface area contributed by atoms with Gasteiger partial charge in [-0.2, -0.15) is 0 Å². The number of nitrogens with one attached hydrogen (secondary N) is 1. The Labute approximate surface area is 112 Å². The van der Waals surface area contributed by atoms with Gasteiger partial charge in [-0.1, -0.05) is 0 Å². The molecular formula is C12H21NO6. The first-order chi connectivity index (χ1) is 8.98. The third kappa shape index (κ3) is 4.51. The molecule has 110 valence electrons. The van der Waals surface area contributed by atoms with E-state index in [9.17, 15) is 14.4 Å². The Morgan fingerprint density at radius 2 is 1.32 bits per heavy atom. The molecule has 0 saturated carbocycles. The number of hydrogen-bond donors (Lipinski definition) is 1. The van der Waals surface area contributed by atoms with Crippen LogP contribution in [0, 0.1) is 0 Å². The fraction of sp³-hybridized carbons (Fsp3) is 0.750. The zero-order valence-electron chi connectivity index (χ0n) is 11.8. The quantitative estimate of drug-likeness (QED) is 0.379. The van der Waals surface area contributed by atoms with Crippen LogP contribution < -0.4 is 5.32 Å². The van der Waals surface area contributed by atoms with E-state index in [0.717, 1.165) is 0 Å². The summed E-state index contributed by atoms with van der Waals surface area (Å²) >= 11 is 0. The van der Waals surface area contributed by atoms with Crippen LogP contribution >= 0.6 is 0 Å². The number of carbonyl (C=O) groups excluding carboxylic acids is 3. The Kier molecular flexibility index (Phi) is 7.74. The van der Waals surface area contributed by atoms with Crippen LogP contribution in [0.25, 0.3) is 0 Å². The minimum Gasteiger partial charge on any atom is -0.466 e. The van der Waals surface area contributed by atoms with Gasteiger partial charge in [0.05, 0.1) is 26.2 Å². The van der Waals surface area contributed by atoms with Crippen LogP contribution in [-0.4, -0.2) is 50.3 Å². The Bertz CT molecular complexity index is 310. The molecule has 0 fully saturated rings. The SMILES string of the molecule is CCOC(=O)CC(NC)(C(=O)OCC)C(=O)OCC. The Morgan fingerprint density at radius 1 is 0.895 bits per heavy atom. The summed E-state index contributed by atoms with van der Waals surface area (Å²) in [7, 11) is 1.38. The first-order valence-electron chi connectivity index (χ1n) is 6.17. The monoisotopic (exact) mass is 275 g/mol. The van der Waals surface area contributed by atoms with Crippen LogP contribution in [0.2, 0.25) is 0 Å². The molecule has 0 bridgehead atoms. The van der Waals surface area contributed by atoms with E-state index in [4.69, 9.17) is 14.2 Å². The molecule has 0 amide bonds. The van der Waals surface area contributed by atoms with E-state index in [1.165, 1.54) is 7.05 Å². The maximum Gasteiger partial charge on any atom is 0.338 e. The average Bonchev–Trinajstić information content (AvgIpc) is 2.36. The van der Waals surface area contributed by atoms with Crippen LogP contribution in [0.4, 0.5) is 0 Å². The molecule has 19 heavy (non-hydrogen) atoms. The van der Waals surface area contributed by atoms with Crippen molar-refractivity contribution < 1.29 is 28.6 Å². The van der Waals surface area contributed by atoms with Gasteiger partial charge in [0, 0.05) is 0 Å². The summed E-state index contributed by atoms with van der Waals surface area (Å²) in [4.78, 5) is 35.5. The lowest BCUT2D eigenvalue weighted by atomic mass is 9.95. The number of rotatable bonds is 8. The zero-order chi connectivity index (χ0) is 14.9. The first kappa shape index (κ1) is 17.4. The highest BCUT2D eigenvalue weighted by Crippen LogP contribution is 2.16. The molecule has 0 saturated heterocycles. The van der Waals surface area contributed by atoms with Gasteiger partial charge >= 0.3 is 17.9 Å². The number of hydrogen-bond acceptors (Lipinski definition) is 7. The minimum atomic E-state index is -1.86. The highest BCUT2D eigenvalue weighted by molar-refractivity contribution is 6.07. The second-order valence-electron chi connectivity index (χ2n) is 3.58. The van der Waals surface area contributed by atoms with Gasteiger partial charge in [0.25, 0.3) is 0 Å². The molecular weight excluding hydrogens is 254 g/mol. The molecule has 0 aromatic heterocycles. The van der Waals surface area contributed by atoms with E-state index in [2.05, 4.69) is 5.32 Å². The van der Waals surface area contributed by atoms with Crippen molar-refractivity contribution in [3.05, 3.63) is 0 Å². The molecule has 0 atom stereocenters. The summed E-state index contributed by atoms with van der Waals surface area (Å²) in [5.74, 6) is -2.40. The van der Waals surface area contributed by atoms with Crippen molar-refractivity contribution in [1.82, 2.24) is 5.32 Å². The highest BCUT2D eigenvalue weighted by Gasteiger charge is 2.50. The molecule has 0 aliphatic rings. The molecule has 0 unspecified atom stereocenters. The van der Waals surface area contributed by atoms with Crippen molar-refractivity contribution in [2.45, 2.75) is 32.7 Å². The molecule has 0 aromatic carbocycles. The van der Waals surface area contributed by atoms with E-state index in [1.807, 2.05) is 0 Å². The van der Waals surface area contributed by atoms with Gasteiger partial charge in [0.15, 0.2) is 0 Å². The molecule has 0 aliphatic carbocycles.